The Kier molecular flexibility index (Phi) is 4.80. The number of halogens is 1. The van der Waals surface area contributed by atoms with Gasteiger partial charge in [0, 0.05) is 23.6 Å². The van der Waals surface area contributed by atoms with Crippen molar-refractivity contribution < 1.29 is 14.3 Å². The van der Waals surface area contributed by atoms with Crippen LogP contribution in [0.5, 0.6) is 5.75 Å². The molecule has 124 valence electrons. The second-order valence-electron chi connectivity index (χ2n) is 5.35. The van der Waals surface area contributed by atoms with E-state index in [1.54, 1.807) is 19.4 Å². The van der Waals surface area contributed by atoms with Gasteiger partial charge >= 0.3 is 6.03 Å². The number of rotatable bonds is 4. The van der Waals surface area contributed by atoms with Gasteiger partial charge in [-0.2, -0.15) is 0 Å². The zero-order valence-electron chi connectivity index (χ0n) is 13.1. The van der Waals surface area contributed by atoms with Crippen LogP contribution >= 0.6 is 15.9 Å². The lowest BCUT2D eigenvalue weighted by Crippen LogP contribution is -2.52. The quantitative estimate of drug-likeness (QED) is 0.805. The van der Waals surface area contributed by atoms with Gasteiger partial charge in [-0.3, -0.25) is 14.6 Å². The summed E-state index contributed by atoms with van der Waals surface area (Å²) in [5, 5.41) is 0. The van der Waals surface area contributed by atoms with Crippen LogP contribution in [0, 0.1) is 0 Å². The molecular formula is C17H16BrN3O3. The monoisotopic (exact) mass is 389 g/mol. The van der Waals surface area contributed by atoms with Crippen LogP contribution < -0.4 is 9.64 Å². The fourth-order valence-electron chi connectivity index (χ4n) is 2.50. The summed E-state index contributed by atoms with van der Waals surface area (Å²) in [6.07, 6.45) is 1.91. The predicted molar refractivity (Wildman–Crippen MR) is 92.8 cm³/mol. The first kappa shape index (κ1) is 16.4. The van der Waals surface area contributed by atoms with E-state index < -0.39 is 0 Å². The number of anilines is 1. The number of aromatic nitrogens is 1. The average molecular weight is 390 g/mol. The Morgan fingerprint density at radius 2 is 1.92 bits per heavy atom. The number of amides is 3. The Labute approximate surface area is 148 Å². The maximum Gasteiger partial charge on any atom is 0.332 e. The molecule has 0 saturated carbocycles. The average Bonchev–Trinajstić information content (AvgIpc) is 2.60. The number of ether oxygens (including phenoxy) is 1. The maximum atomic E-state index is 12.7. The molecule has 1 aliphatic heterocycles. The Hall–Kier alpha value is -2.41. The number of methoxy groups -OCH3 is 1. The van der Waals surface area contributed by atoms with E-state index in [9.17, 15) is 9.59 Å². The summed E-state index contributed by atoms with van der Waals surface area (Å²) in [5.41, 5.74) is 0.864. The smallest absolute Gasteiger partial charge is 0.332 e. The zero-order valence-corrected chi connectivity index (χ0v) is 14.7. The normalized spacial score (nSPS) is 14.9. The molecule has 0 N–H and O–H groups in total. The minimum Gasteiger partial charge on any atom is -0.497 e. The van der Waals surface area contributed by atoms with Crippen molar-refractivity contribution in [1.29, 1.82) is 0 Å². The fourth-order valence-corrected chi connectivity index (χ4v) is 2.73. The first-order valence-electron chi connectivity index (χ1n) is 7.45. The molecule has 1 aromatic heterocycles. The largest absolute Gasteiger partial charge is 0.497 e. The highest BCUT2D eigenvalue weighted by molar-refractivity contribution is 9.10. The van der Waals surface area contributed by atoms with E-state index in [1.165, 1.54) is 9.80 Å². The lowest BCUT2D eigenvalue weighted by atomic mass is 10.2. The molecule has 24 heavy (non-hydrogen) atoms. The molecule has 1 fully saturated rings. The van der Waals surface area contributed by atoms with Gasteiger partial charge in [0.25, 0.3) is 0 Å². The van der Waals surface area contributed by atoms with Gasteiger partial charge in [0.2, 0.25) is 5.91 Å². The molecule has 1 aliphatic rings. The molecule has 1 saturated heterocycles. The van der Waals surface area contributed by atoms with Gasteiger partial charge < -0.3 is 4.74 Å². The number of benzene rings is 1. The Morgan fingerprint density at radius 1 is 1.17 bits per heavy atom. The van der Waals surface area contributed by atoms with E-state index in [-0.39, 0.29) is 24.9 Å². The van der Waals surface area contributed by atoms with Gasteiger partial charge in [-0.1, -0.05) is 12.1 Å². The number of carbonyl (C=O) groups is 2. The van der Waals surface area contributed by atoms with Crippen molar-refractivity contribution in [3.63, 3.8) is 0 Å². The number of urea groups is 1. The molecule has 6 nitrogen and oxygen atoms in total. The summed E-state index contributed by atoms with van der Waals surface area (Å²) in [5.74, 6) is 1.09. The SMILES string of the molecule is COc1ccc(CN2C(=O)CCN(c3ccc(Br)cn3)C2=O)cc1. The van der Waals surface area contributed by atoms with Crippen molar-refractivity contribution in [2.45, 2.75) is 13.0 Å². The minimum atomic E-state index is -0.350. The second kappa shape index (κ2) is 7.00. The molecule has 7 heteroatoms. The summed E-state index contributed by atoms with van der Waals surface area (Å²) < 4.78 is 5.95. The predicted octanol–water partition coefficient (Wildman–Crippen LogP) is 3.21. The molecule has 1 aromatic carbocycles. The van der Waals surface area contributed by atoms with Crippen molar-refractivity contribution >= 4 is 33.7 Å². The number of nitrogens with zero attached hydrogens (tertiary/aromatic N) is 3. The number of hydrogen-bond acceptors (Lipinski definition) is 4. The van der Waals surface area contributed by atoms with Crippen LogP contribution in [0.1, 0.15) is 12.0 Å². The zero-order chi connectivity index (χ0) is 17.1. The van der Waals surface area contributed by atoms with Gasteiger partial charge in [-0.15, -0.1) is 0 Å². The van der Waals surface area contributed by atoms with Gasteiger partial charge in [-0.05, 0) is 45.8 Å². The third kappa shape index (κ3) is 3.41. The van der Waals surface area contributed by atoms with E-state index in [0.717, 1.165) is 15.8 Å². The van der Waals surface area contributed by atoms with Crippen molar-refractivity contribution in [1.82, 2.24) is 9.88 Å². The van der Waals surface area contributed by atoms with E-state index in [0.29, 0.717) is 12.4 Å². The van der Waals surface area contributed by atoms with E-state index in [1.807, 2.05) is 30.3 Å². The third-order valence-corrected chi connectivity index (χ3v) is 4.27. The molecule has 3 amide bonds. The molecule has 0 atom stereocenters. The van der Waals surface area contributed by atoms with Crippen LogP contribution in [0.4, 0.5) is 10.6 Å². The van der Waals surface area contributed by atoms with E-state index in [2.05, 4.69) is 20.9 Å². The summed E-state index contributed by atoms with van der Waals surface area (Å²) in [7, 11) is 1.59. The molecule has 0 aliphatic carbocycles. The molecule has 2 aromatic rings. The highest BCUT2D eigenvalue weighted by atomic mass is 79.9. The van der Waals surface area contributed by atoms with E-state index >= 15 is 0 Å². The molecule has 0 bridgehead atoms. The Morgan fingerprint density at radius 3 is 2.54 bits per heavy atom. The van der Waals surface area contributed by atoms with Crippen LogP contribution in [0.2, 0.25) is 0 Å². The van der Waals surface area contributed by atoms with Crippen LogP contribution in [-0.4, -0.2) is 35.5 Å². The van der Waals surface area contributed by atoms with Crippen LogP contribution in [-0.2, 0) is 11.3 Å². The van der Waals surface area contributed by atoms with Crippen molar-refractivity contribution in [2.24, 2.45) is 0 Å². The van der Waals surface area contributed by atoms with Gasteiger partial charge in [0.1, 0.15) is 11.6 Å². The lowest BCUT2D eigenvalue weighted by Gasteiger charge is -2.33. The lowest BCUT2D eigenvalue weighted by molar-refractivity contribution is -0.129. The van der Waals surface area contributed by atoms with Gasteiger partial charge in [0.05, 0.1) is 13.7 Å². The first-order valence-corrected chi connectivity index (χ1v) is 8.24. The first-order chi connectivity index (χ1) is 11.6. The molecule has 0 radical (unpaired) electrons. The number of imide groups is 1. The summed E-state index contributed by atoms with van der Waals surface area (Å²) in [6.45, 7) is 0.570. The Bertz CT molecular complexity index is 747. The standard InChI is InChI=1S/C17H16BrN3O3/c1-24-14-5-2-12(3-6-14)11-21-16(22)8-9-20(17(21)23)15-7-4-13(18)10-19-15/h2-7,10H,8-9,11H2,1H3. The molecular weight excluding hydrogens is 374 g/mol. The maximum absolute atomic E-state index is 12.7. The van der Waals surface area contributed by atoms with E-state index in [4.69, 9.17) is 4.74 Å². The van der Waals surface area contributed by atoms with Crippen molar-refractivity contribution in [3.8, 4) is 5.75 Å². The minimum absolute atomic E-state index is 0.177. The second-order valence-corrected chi connectivity index (χ2v) is 6.26. The third-order valence-electron chi connectivity index (χ3n) is 3.80. The van der Waals surface area contributed by atoms with Crippen LogP contribution in [0.15, 0.2) is 47.1 Å². The summed E-state index contributed by atoms with van der Waals surface area (Å²) >= 11 is 3.32. The van der Waals surface area contributed by atoms with Crippen LogP contribution in [0.3, 0.4) is 0 Å². The molecule has 0 spiro atoms. The molecule has 3 rings (SSSR count). The summed E-state index contributed by atoms with van der Waals surface area (Å²) in [6, 6.07) is 10.5. The topological polar surface area (TPSA) is 62.7 Å². The highest BCUT2D eigenvalue weighted by Crippen LogP contribution is 2.22. The molecule has 0 unspecified atom stereocenters. The molecule has 2 heterocycles. The number of hydrogen-bond donors (Lipinski definition) is 0. The highest BCUT2D eigenvalue weighted by Gasteiger charge is 2.33. The van der Waals surface area contributed by atoms with Gasteiger partial charge in [-0.25, -0.2) is 9.78 Å². The fraction of sp³-hybridized carbons (Fsp3) is 0.235. The Balaban J connectivity index is 1.79. The number of carbonyl (C=O) groups excluding carboxylic acids is 2. The number of pyridine rings is 1. The summed E-state index contributed by atoms with van der Waals surface area (Å²) in [4.78, 5) is 31.9. The van der Waals surface area contributed by atoms with Crippen molar-refractivity contribution in [3.05, 3.63) is 52.6 Å². The van der Waals surface area contributed by atoms with Gasteiger partial charge in [0.15, 0.2) is 0 Å². The van der Waals surface area contributed by atoms with Crippen molar-refractivity contribution in [2.75, 3.05) is 18.6 Å². The van der Waals surface area contributed by atoms with Crippen LogP contribution in [0.25, 0.3) is 0 Å².